The van der Waals surface area contributed by atoms with Crippen LogP contribution < -0.4 is 10.2 Å². The van der Waals surface area contributed by atoms with Crippen molar-refractivity contribution in [2.45, 2.75) is 26.8 Å². The molecule has 190 valence electrons. The molecule has 7 nitrogen and oxygen atoms in total. The quantitative estimate of drug-likeness (QED) is 0.285. The van der Waals surface area contributed by atoms with Crippen molar-refractivity contribution in [1.29, 1.82) is 0 Å². The molecule has 0 fully saturated rings. The van der Waals surface area contributed by atoms with Crippen LogP contribution in [0.3, 0.4) is 0 Å². The lowest BCUT2D eigenvalue weighted by Gasteiger charge is -2.40. The SMILES string of the molecule is Cc1ccc(NC2=Nc3ccccc3N3C2=Nc2c(c(C)nn2-c2ccccn2)C3c2ccccc2)cc1C. The maximum atomic E-state index is 5.27. The average molecular weight is 510 g/mol. The third kappa shape index (κ3) is 3.82. The lowest BCUT2D eigenvalue weighted by Crippen LogP contribution is -2.46. The minimum Gasteiger partial charge on any atom is -0.337 e. The van der Waals surface area contributed by atoms with Crippen molar-refractivity contribution in [3.63, 3.8) is 0 Å². The highest BCUT2D eigenvalue weighted by molar-refractivity contribution is 6.51. The predicted molar refractivity (Wildman–Crippen MR) is 157 cm³/mol. The first-order valence-electron chi connectivity index (χ1n) is 13.0. The van der Waals surface area contributed by atoms with Crippen molar-refractivity contribution in [3.05, 3.63) is 125 Å². The van der Waals surface area contributed by atoms with E-state index in [2.05, 4.69) is 89.7 Å². The fraction of sp³-hybridized carbons (Fsp3) is 0.125. The second kappa shape index (κ2) is 9.06. The Labute approximate surface area is 227 Å². The van der Waals surface area contributed by atoms with Crippen LogP contribution in [0.25, 0.3) is 5.82 Å². The molecule has 4 heterocycles. The zero-order valence-corrected chi connectivity index (χ0v) is 22.0. The number of aromatic nitrogens is 3. The van der Waals surface area contributed by atoms with Gasteiger partial charge in [-0.2, -0.15) is 9.78 Å². The van der Waals surface area contributed by atoms with Crippen LogP contribution in [0.2, 0.25) is 0 Å². The van der Waals surface area contributed by atoms with E-state index >= 15 is 0 Å². The highest BCUT2D eigenvalue weighted by Gasteiger charge is 2.41. The molecule has 0 radical (unpaired) electrons. The van der Waals surface area contributed by atoms with Gasteiger partial charge in [0, 0.05) is 17.4 Å². The summed E-state index contributed by atoms with van der Waals surface area (Å²) in [6.07, 6.45) is 1.78. The van der Waals surface area contributed by atoms with E-state index in [1.165, 1.54) is 11.1 Å². The fourth-order valence-electron chi connectivity index (χ4n) is 5.34. The van der Waals surface area contributed by atoms with Gasteiger partial charge in [0.2, 0.25) is 0 Å². The van der Waals surface area contributed by atoms with Crippen LogP contribution in [0, 0.1) is 20.8 Å². The molecule has 1 atom stereocenters. The van der Waals surface area contributed by atoms with Gasteiger partial charge in [0.15, 0.2) is 23.3 Å². The molecule has 39 heavy (non-hydrogen) atoms. The number of nitrogens with one attached hydrogen (secondary N) is 1. The van der Waals surface area contributed by atoms with E-state index in [1.807, 2.05) is 41.9 Å². The number of aryl methyl sites for hydroxylation is 3. The van der Waals surface area contributed by atoms with E-state index < -0.39 is 0 Å². The number of benzene rings is 3. The van der Waals surface area contributed by atoms with Gasteiger partial charge in [-0.25, -0.2) is 15.0 Å². The average Bonchev–Trinajstić information content (AvgIpc) is 3.31. The topological polar surface area (TPSA) is 70.7 Å². The van der Waals surface area contributed by atoms with Gasteiger partial charge in [0.1, 0.15) is 0 Å². The van der Waals surface area contributed by atoms with Gasteiger partial charge < -0.3 is 10.2 Å². The zero-order valence-electron chi connectivity index (χ0n) is 22.0. The Balaban J connectivity index is 1.49. The Kier molecular flexibility index (Phi) is 5.37. The van der Waals surface area contributed by atoms with Crippen molar-refractivity contribution in [3.8, 4) is 5.82 Å². The molecule has 0 aliphatic carbocycles. The number of hydrogen-bond donors (Lipinski definition) is 1. The van der Waals surface area contributed by atoms with Crippen molar-refractivity contribution < 1.29 is 0 Å². The number of para-hydroxylation sites is 2. The first kappa shape index (κ1) is 23.1. The standard InChI is InChI=1S/C32H27N7/c1-20-16-17-24(19-21(20)2)34-30-32-36-31-28(22(3)37-39(31)27-15-9-10-18-33-27)29(23-11-5-4-6-12-23)38(32)26-14-8-7-13-25(26)35-30/h4-19,29H,1-3H3,(H,34,35). The summed E-state index contributed by atoms with van der Waals surface area (Å²) in [6, 6.07) is 30.8. The molecular formula is C32H27N7. The summed E-state index contributed by atoms with van der Waals surface area (Å²) in [4.78, 5) is 17.2. The Morgan fingerprint density at radius 1 is 0.769 bits per heavy atom. The van der Waals surface area contributed by atoms with E-state index in [9.17, 15) is 0 Å². The Morgan fingerprint density at radius 3 is 2.36 bits per heavy atom. The summed E-state index contributed by atoms with van der Waals surface area (Å²) in [7, 11) is 0. The van der Waals surface area contributed by atoms with Crippen molar-refractivity contribution >= 4 is 34.6 Å². The lowest BCUT2D eigenvalue weighted by molar-refractivity contribution is 0.810. The van der Waals surface area contributed by atoms with Crippen LogP contribution in [0.5, 0.6) is 0 Å². The molecule has 2 aromatic heterocycles. The molecule has 0 bridgehead atoms. The third-order valence-corrected chi connectivity index (χ3v) is 7.39. The molecule has 7 rings (SSSR count). The molecule has 2 aliphatic heterocycles. The molecule has 1 unspecified atom stereocenters. The largest absolute Gasteiger partial charge is 0.337 e. The summed E-state index contributed by atoms with van der Waals surface area (Å²) in [5, 5.41) is 8.53. The number of amidine groups is 2. The monoisotopic (exact) mass is 509 g/mol. The minimum atomic E-state index is -0.153. The van der Waals surface area contributed by atoms with E-state index in [0.717, 1.165) is 51.4 Å². The number of hydrogen-bond acceptors (Lipinski definition) is 6. The highest BCUT2D eigenvalue weighted by Crippen LogP contribution is 2.48. The number of nitrogens with zero attached hydrogens (tertiary/aromatic N) is 6. The summed E-state index contributed by atoms with van der Waals surface area (Å²) in [5.41, 5.74) is 8.44. The molecule has 2 aliphatic rings. The van der Waals surface area contributed by atoms with Crippen LogP contribution >= 0.6 is 0 Å². The molecule has 0 amide bonds. The maximum absolute atomic E-state index is 5.27. The molecule has 3 aromatic carbocycles. The minimum absolute atomic E-state index is 0.153. The van der Waals surface area contributed by atoms with Crippen molar-refractivity contribution in [1.82, 2.24) is 14.8 Å². The number of rotatable bonds is 3. The highest BCUT2D eigenvalue weighted by atomic mass is 15.4. The van der Waals surface area contributed by atoms with E-state index in [-0.39, 0.29) is 6.04 Å². The molecule has 1 N–H and O–H groups in total. The van der Waals surface area contributed by atoms with Crippen molar-refractivity contribution in [2.24, 2.45) is 9.98 Å². The van der Waals surface area contributed by atoms with Crippen LogP contribution in [-0.2, 0) is 0 Å². The Hall–Kier alpha value is -5.04. The van der Waals surface area contributed by atoms with E-state index in [1.54, 1.807) is 6.20 Å². The smallest absolute Gasteiger partial charge is 0.179 e. The normalized spacial score (nSPS) is 15.6. The fourth-order valence-corrected chi connectivity index (χ4v) is 5.34. The molecule has 0 spiro atoms. The summed E-state index contributed by atoms with van der Waals surface area (Å²) in [5.74, 6) is 2.92. The van der Waals surface area contributed by atoms with Gasteiger partial charge in [-0.1, -0.05) is 54.6 Å². The second-order valence-electron chi connectivity index (χ2n) is 9.91. The van der Waals surface area contributed by atoms with Crippen LogP contribution in [0.15, 0.2) is 107 Å². The van der Waals surface area contributed by atoms with Gasteiger partial charge >= 0.3 is 0 Å². The number of fused-ring (bicyclic) bond motifs is 4. The lowest BCUT2D eigenvalue weighted by atomic mass is 9.93. The first-order chi connectivity index (χ1) is 19.1. The molecule has 0 saturated heterocycles. The number of aliphatic imine (C=N–C) groups is 2. The van der Waals surface area contributed by atoms with Crippen molar-refractivity contribution in [2.75, 3.05) is 10.2 Å². The Morgan fingerprint density at radius 2 is 1.56 bits per heavy atom. The number of anilines is 2. The number of pyridine rings is 1. The maximum Gasteiger partial charge on any atom is 0.179 e. The van der Waals surface area contributed by atoms with Gasteiger partial charge in [-0.3, -0.25) is 0 Å². The molecule has 0 saturated carbocycles. The summed E-state index contributed by atoms with van der Waals surface area (Å²) < 4.78 is 1.85. The summed E-state index contributed by atoms with van der Waals surface area (Å²) >= 11 is 0. The van der Waals surface area contributed by atoms with Gasteiger partial charge in [-0.15, -0.1) is 0 Å². The van der Waals surface area contributed by atoms with Gasteiger partial charge in [0.25, 0.3) is 0 Å². The predicted octanol–water partition coefficient (Wildman–Crippen LogP) is 6.99. The van der Waals surface area contributed by atoms with Crippen LogP contribution in [0.1, 0.15) is 34.0 Å². The van der Waals surface area contributed by atoms with E-state index in [4.69, 9.17) is 15.1 Å². The molecule has 5 aromatic rings. The van der Waals surface area contributed by atoms with Gasteiger partial charge in [-0.05, 0) is 73.9 Å². The third-order valence-electron chi connectivity index (χ3n) is 7.39. The summed E-state index contributed by atoms with van der Waals surface area (Å²) in [6.45, 7) is 6.29. The first-order valence-corrected chi connectivity index (χ1v) is 13.0. The second-order valence-corrected chi connectivity index (χ2v) is 9.91. The van der Waals surface area contributed by atoms with Gasteiger partial charge in [0.05, 0.1) is 23.1 Å². The Bertz CT molecular complexity index is 1770. The molecular weight excluding hydrogens is 482 g/mol. The molecule has 7 heteroatoms. The zero-order chi connectivity index (χ0) is 26.5. The van der Waals surface area contributed by atoms with E-state index in [0.29, 0.717) is 5.84 Å². The van der Waals surface area contributed by atoms with Crippen LogP contribution in [-0.4, -0.2) is 26.4 Å². The van der Waals surface area contributed by atoms with Crippen LogP contribution in [0.4, 0.5) is 22.9 Å².